The van der Waals surface area contributed by atoms with Crippen molar-refractivity contribution in [3.8, 4) is 5.75 Å². The van der Waals surface area contributed by atoms with E-state index in [9.17, 15) is 9.59 Å². The van der Waals surface area contributed by atoms with Crippen LogP contribution in [0, 0.1) is 0 Å². The predicted octanol–water partition coefficient (Wildman–Crippen LogP) is 3.70. The molecule has 5 heteroatoms. The van der Waals surface area contributed by atoms with Crippen molar-refractivity contribution in [2.45, 2.75) is 63.8 Å². The van der Waals surface area contributed by atoms with Gasteiger partial charge in [0.05, 0.1) is 20.3 Å². The summed E-state index contributed by atoms with van der Waals surface area (Å²) in [6, 6.07) is 6.23. The fraction of sp³-hybridized carbons (Fsp3) is 0.600. The Morgan fingerprint density at radius 1 is 1.12 bits per heavy atom. The zero-order valence-electron chi connectivity index (χ0n) is 15.3. The van der Waals surface area contributed by atoms with Crippen LogP contribution in [0.15, 0.2) is 18.2 Å². The first-order valence-corrected chi connectivity index (χ1v) is 9.17. The molecule has 0 aromatic heterocycles. The van der Waals surface area contributed by atoms with Gasteiger partial charge in [-0.3, -0.25) is 9.59 Å². The van der Waals surface area contributed by atoms with E-state index in [1.54, 1.807) is 7.11 Å². The molecule has 1 aromatic carbocycles. The molecule has 5 nitrogen and oxygen atoms in total. The number of nitrogens with one attached hydrogen (secondary N) is 1. The molecule has 1 aromatic rings. The summed E-state index contributed by atoms with van der Waals surface area (Å²) in [5.41, 5.74) is 2.50. The monoisotopic (exact) mass is 347 g/mol. The fourth-order valence-electron chi connectivity index (χ4n) is 3.34. The van der Waals surface area contributed by atoms with Crippen molar-refractivity contribution in [3.63, 3.8) is 0 Å². The first-order valence-electron chi connectivity index (χ1n) is 9.17. The average molecular weight is 347 g/mol. The molecule has 0 aliphatic heterocycles. The first-order chi connectivity index (χ1) is 12.1. The minimum Gasteiger partial charge on any atom is -0.497 e. The second kappa shape index (κ2) is 10.1. The number of methoxy groups -OCH3 is 2. The van der Waals surface area contributed by atoms with Gasteiger partial charge >= 0.3 is 5.97 Å². The van der Waals surface area contributed by atoms with Crippen LogP contribution in [0.3, 0.4) is 0 Å². The van der Waals surface area contributed by atoms with Gasteiger partial charge in [-0.15, -0.1) is 0 Å². The first kappa shape index (κ1) is 19.3. The van der Waals surface area contributed by atoms with Crippen molar-refractivity contribution >= 4 is 11.9 Å². The van der Waals surface area contributed by atoms with Gasteiger partial charge in [-0.1, -0.05) is 18.9 Å². The van der Waals surface area contributed by atoms with E-state index in [0.717, 1.165) is 50.7 Å². The lowest BCUT2D eigenvalue weighted by Gasteiger charge is -2.27. The molecule has 138 valence electrons. The van der Waals surface area contributed by atoms with Crippen LogP contribution >= 0.6 is 0 Å². The molecule has 1 N–H and O–H groups in total. The number of fused-ring (bicyclic) bond motifs is 1. The predicted molar refractivity (Wildman–Crippen MR) is 96.5 cm³/mol. The van der Waals surface area contributed by atoms with Gasteiger partial charge < -0.3 is 14.8 Å². The number of amides is 1. The summed E-state index contributed by atoms with van der Waals surface area (Å²) in [7, 11) is 3.08. The normalized spacial score (nSPS) is 16.0. The Bertz CT molecular complexity index is 585. The summed E-state index contributed by atoms with van der Waals surface area (Å²) in [5, 5.41) is 3.18. The van der Waals surface area contributed by atoms with Crippen LogP contribution in [0.1, 0.15) is 68.5 Å². The van der Waals surface area contributed by atoms with Crippen LogP contribution in [0.4, 0.5) is 0 Å². The molecule has 25 heavy (non-hydrogen) atoms. The van der Waals surface area contributed by atoms with Gasteiger partial charge in [0.1, 0.15) is 5.75 Å². The second-order valence-electron chi connectivity index (χ2n) is 6.57. The zero-order chi connectivity index (χ0) is 18.1. The summed E-state index contributed by atoms with van der Waals surface area (Å²) in [6.45, 7) is 0. The molecule has 1 amide bonds. The maximum Gasteiger partial charge on any atom is 0.305 e. The lowest BCUT2D eigenvalue weighted by molar-refractivity contribution is -0.140. The molecular formula is C20H29NO4. The van der Waals surface area contributed by atoms with Crippen molar-refractivity contribution in [2.24, 2.45) is 0 Å². The van der Waals surface area contributed by atoms with Crippen molar-refractivity contribution < 1.29 is 19.1 Å². The third kappa shape index (κ3) is 6.07. The van der Waals surface area contributed by atoms with Crippen molar-refractivity contribution in [2.75, 3.05) is 14.2 Å². The summed E-state index contributed by atoms with van der Waals surface area (Å²) in [4.78, 5) is 23.2. The maximum absolute atomic E-state index is 12.2. The van der Waals surface area contributed by atoms with Crippen LogP contribution < -0.4 is 10.1 Å². The lowest BCUT2D eigenvalue weighted by Crippen LogP contribution is -2.30. The van der Waals surface area contributed by atoms with Crippen LogP contribution in [0.2, 0.25) is 0 Å². The third-order valence-electron chi connectivity index (χ3n) is 4.76. The highest BCUT2D eigenvalue weighted by Crippen LogP contribution is 2.32. The Kier molecular flexibility index (Phi) is 7.76. The fourth-order valence-corrected chi connectivity index (χ4v) is 3.34. The van der Waals surface area contributed by atoms with Crippen LogP contribution in [0.25, 0.3) is 0 Å². The molecule has 0 heterocycles. The number of unbranched alkanes of at least 4 members (excludes halogenated alkanes) is 3. The minimum atomic E-state index is -0.162. The number of carbonyl (C=O) groups excluding carboxylic acids is 2. The van der Waals surface area contributed by atoms with Crippen LogP contribution in [-0.4, -0.2) is 26.1 Å². The summed E-state index contributed by atoms with van der Waals surface area (Å²) < 4.78 is 9.90. The highest BCUT2D eigenvalue weighted by atomic mass is 16.5. The van der Waals surface area contributed by atoms with Gasteiger partial charge in [-0.05, 0) is 55.4 Å². The molecule has 0 bridgehead atoms. The van der Waals surface area contributed by atoms with Gasteiger partial charge in [0.2, 0.25) is 5.91 Å². The number of esters is 1. The molecule has 1 aliphatic rings. The largest absolute Gasteiger partial charge is 0.497 e. The van der Waals surface area contributed by atoms with Gasteiger partial charge in [0, 0.05) is 12.8 Å². The Hall–Kier alpha value is -2.04. The number of benzene rings is 1. The number of ether oxygens (including phenoxy) is 2. The van der Waals surface area contributed by atoms with E-state index in [0.29, 0.717) is 12.8 Å². The molecule has 1 aliphatic carbocycles. The number of rotatable bonds is 9. The van der Waals surface area contributed by atoms with Gasteiger partial charge in [0.15, 0.2) is 0 Å². The van der Waals surface area contributed by atoms with Crippen LogP contribution in [-0.2, 0) is 20.7 Å². The SMILES string of the molecule is COC(=O)CCCCCCC(=O)NC1CCCc2cc(OC)ccc21. The number of hydrogen-bond acceptors (Lipinski definition) is 4. The topological polar surface area (TPSA) is 64.6 Å². The molecule has 2 rings (SSSR count). The van der Waals surface area contributed by atoms with E-state index in [1.807, 2.05) is 6.07 Å². The van der Waals surface area contributed by atoms with Crippen molar-refractivity contribution in [1.82, 2.24) is 5.32 Å². The van der Waals surface area contributed by atoms with E-state index in [2.05, 4.69) is 22.2 Å². The molecular weight excluding hydrogens is 318 g/mol. The lowest BCUT2D eigenvalue weighted by atomic mass is 9.87. The van der Waals surface area contributed by atoms with E-state index in [-0.39, 0.29) is 17.9 Å². The van der Waals surface area contributed by atoms with E-state index in [4.69, 9.17) is 4.74 Å². The van der Waals surface area contributed by atoms with Gasteiger partial charge in [0.25, 0.3) is 0 Å². The molecule has 0 fully saturated rings. The molecule has 0 radical (unpaired) electrons. The van der Waals surface area contributed by atoms with E-state index >= 15 is 0 Å². The Morgan fingerprint density at radius 3 is 2.60 bits per heavy atom. The summed E-state index contributed by atoms with van der Waals surface area (Å²) in [6.07, 6.45) is 7.71. The van der Waals surface area contributed by atoms with E-state index < -0.39 is 0 Å². The standard InChI is InChI=1S/C20H29NO4/c1-24-16-12-13-17-15(14-16)8-7-9-18(17)21-19(22)10-5-3-4-6-11-20(23)25-2/h12-14,18H,3-11H2,1-2H3,(H,21,22). The molecule has 1 unspecified atom stereocenters. The zero-order valence-corrected chi connectivity index (χ0v) is 15.3. The van der Waals surface area contributed by atoms with Crippen molar-refractivity contribution in [1.29, 1.82) is 0 Å². The number of carbonyl (C=O) groups is 2. The minimum absolute atomic E-state index is 0.112. The molecule has 0 saturated carbocycles. The highest BCUT2D eigenvalue weighted by Gasteiger charge is 2.22. The Balaban J connectivity index is 1.72. The highest BCUT2D eigenvalue weighted by molar-refractivity contribution is 5.76. The quantitative estimate of drug-likeness (QED) is 0.546. The van der Waals surface area contributed by atoms with Crippen molar-refractivity contribution in [3.05, 3.63) is 29.3 Å². The van der Waals surface area contributed by atoms with Gasteiger partial charge in [-0.2, -0.15) is 0 Å². The summed E-state index contributed by atoms with van der Waals surface area (Å²) in [5.74, 6) is 0.824. The number of aryl methyl sites for hydroxylation is 1. The third-order valence-corrected chi connectivity index (χ3v) is 4.76. The van der Waals surface area contributed by atoms with E-state index in [1.165, 1.54) is 18.2 Å². The number of hydrogen-bond donors (Lipinski definition) is 1. The average Bonchev–Trinajstić information content (AvgIpc) is 2.64. The smallest absolute Gasteiger partial charge is 0.305 e. The van der Waals surface area contributed by atoms with Crippen LogP contribution in [0.5, 0.6) is 5.75 Å². The maximum atomic E-state index is 12.2. The summed E-state index contributed by atoms with van der Waals surface area (Å²) >= 11 is 0. The Morgan fingerprint density at radius 2 is 1.88 bits per heavy atom. The molecule has 1 atom stereocenters. The molecule has 0 spiro atoms. The second-order valence-corrected chi connectivity index (χ2v) is 6.57. The Labute approximate surface area is 150 Å². The van der Waals surface area contributed by atoms with Gasteiger partial charge in [-0.25, -0.2) is 0 Å². The molecule has 0 saturated heterocycles.